The molecule has 0 atom stereocenters. The number of hydrogen-bond donors (Lipinski definition) is 1. The lowest BCUT2D eigenvalue weighted by atomic mass is 10.2. The predicted octanol–water partition coefficient (Wildman–Crippen LogP) is 4.22. The van der Waals surface area contributed by atoms with Crippen molar-refractivity contribution >= 4 is 27.6 Å². The number of carbonyl (C=O) groups is 1. The first-order valence-corrected chi connectivity index (χ1v) is 6.89. The van der Waals surface area contributed by atoms with Crippen molar-refractivity contribution in [2.45, 2.75) is 25.9 Å². The van der Waals surface area contributed by atoms with Crippen LogP contribution >= 0.6 is 15.9 Å². The van der Waals surface area contributed by atoms with Crippen LogP contribution in [-0.4, -0.2) is 19.1 Å². The first kappa shape index (κ1) is 16.8. The largest absolute Gasteiger partial charge is 0.464 e. The molecule has 0 aliphatic rings. The lowest BCUT2D eigenvalue weighted by Gasteiger charge is -2.11. The smallest absolute Gasteiger partial charge is 0.416 e. The average Bonchev–Trinajstić information content (AvgIpc) is 2.35. The Morgan fingerprint density at radius 2 is 2.05 bits per heavy atom. The summed E-state index contributed by atoms with van der Waals surface area (Å²) >= 11 is 3.01. The number of halogens is 4. The van der Waals surface area contributed by atoms with Gasteiger partial charge >= 0.3 is 12.1 Å². The highest BCUT2D eigenvalue weighted by atomic mass is 79.9. The highest BCUT2D eigenvalue weighted by Gasteiger charge is 2.31. The monoisotopic (exact) mass is 353 g/mol. The van der Waals surface area contributed by atoms with Gasteiger partial charge in [0.2, 0.25) is 0 Å². The fraction of sp³-hybridized carbons (Fsp3) is 0.462. The van der Waals surface area contributed by atoms with Crippen LogP contribution in [0.25, 0.3) is 0 Å². The van der Waals surface area contributed by atoms with Crippen molar-refractivity contribution in [2.24, 2.45) is 0 Å². The summed E-state index contributed by atoms with van der Waals surface area (Å²) in [5.74, 6) is -0.494. The van der Waals surface area contributed by atoms with Gasteiger partial charge in [0, 0.05) is 10.2 Å². The van der Waals surface area contributed by atoms with Crippen LogP contribution in [0.5, 0.6) is 0 Å². The zero-order valence-corrected chi connectivity index (χ0v) is 12.5. The van der Waals surface area contributed by atoms with Crippen LogP contribution < -0.4 is 5.32 Å². The molecule has 0 aromatic heterocycles. The lowest BCUT2D eigenvalue weighted by Crippen LogP contribution is -2.17. The molecule has 0 aliphatic carbocycles. The molecular formula is C13H15BrF3NO2. The van der Waals surface area contributed by atoms with Gasteiger partial charge in [-0.1, -0.05) is 29.3 Å². The van der Waals surface area contributed by atoms with E-state index in [-0.39, 0.29) is 16.7 Å². The first-order chi connectivity index (χ1) is 9.32. The van der Waals surface area contributed by atoms with Crippen LogP contribution in [0.15, 0.2) is 22.7 Å². The molecule has 0 spiro atoms. The summed E-state index contributed by atoms with van der Waals surface area (Å²) in [4.78, 5) is 11.3. The van der Waals surface area contributed by atoms with E-state index in [1.54, 1.807) is 0 Å². The predicted molar refractivity (Wildman–Crippen MR) is 73.5 cm³/mol. The Bertz CT molecular complexity index is 463. The Morgan fingerprint density at radius 3 is 2.65 bits per heavy atom. The van der Waals surface area contributed by atoms with Crippen LogP contribution in [0, 0.1) is 0 Å². The number of benzene rings is 1. The number of esters is 1. The normalized spacial score (nSPS) is 11.2. The summed E-state index contributed by atoms with van der Waals surface area (Å²) in [6, 6.07) is 3.39. The molecule has 0 bridgehead atoms. The molecule has 0 fully saturated rings. The average molecular weight is 354 g/mol. The second kappa shape index (κ2) is 7.52. The quantitative estimate of drug-likeness (QED) is 0.614. The minimum Gasteiger partial charge on any atom is -0.464 e. The van der Waals surface area contributed by atoms with E-state index in [0.29, 0.717) is 6.61 Å². The molecule has 20 heavy (non-hydrogen) atoms. The number of ether oxygens (including phenoxy) is 1. The summed E-state index contributed by atoms with van der Waals surface area (Å²) in [7, 11) is 0. The third-order valence-electron chi connectivity index (χ3n) is 2.42. The third-order valence-corrected chi connectivity index (χ3v) is 2.88. The van der Waals surface area contributed by atoms with Crippen molar-refractivity contribution in [3.05, 3.63) is 28.2 Å². The standard InChI is InChI=1S/C13H15BrF3NO2/c1-2-3-4-20-12(19)8-18-11-6-9(13(15,16)17)5-10(14)7-11/h5-7,18H,2-4,8H2,1H3. The molecule has 0 unspecified atom stereocenters. The molecule has 1 aromatic rings. The van der Waals surface area contributed by atoms with Crippen LogP contribution in [-0.2, 0) is 15.7 Å². The lowest BCUT2D eigenvalue weighted by molar-refractivity contribution is -0.141. The van der Waals surface area contributed by atoms with Crippen LogP contribution in [0.1, 0.15) is 25.3 Å². The fourth-order valence-electron chi connectivity index (χ4n) is 1.41. The number of unbranched alkanes of at least 4 members (excludes halogenated alkanes) is 1. The van der Waals surface area contributed by atoms with E-state index >= 15 is 0 Å². The van der Waals surface area contributed by atoms with E-state index in [1.165, 1.54) is 6.07 Å². The summed E-state index contributed by atoms with van der Waals surface area (Å²) in [5, 5.41) is 2.62. The molecule has 0 heterocycles. The SMILES string of the molecule is CCCCOC(=O)CNc1cc(Br)cc(C(F)(F)F)c1. The molecule has 0 radical (unpaired) electrons. The summed E-state index contributed by atoms with van der Waals surface area (Å²) in [5.41, 5.74) is -0.576. The topological polar surface area (TPSA) is 38.3 Å². The minimum absolute atomic E-state index is 0.169. The summed E-state index contributed by atoms with van der Waals surface area (Å²) in [6.45, 7) is 2.12. The Morgan fingerprint density at radius 1 is 1.35 bits per heavy atom. The van der Waals surface area contributed by atoms with Gasteiger partial charge in [-0.05, 0) is 24.6 Å². The van der Waals surface area contributed by atoms with Crippen molar-refractivity contribution in [1.29, 1.82) is 0 Å². The maximum atomic E-state index is 12.6. The molecule has 112 valence electrons. The van der Waals surface area contributed by atoms with Crippen LogP contribution in [0.3, 0.4) is 0 Å². The number of hydrogen-bond acceptors (Lipinski definition) is 3. The molecule has 0 saturated carbocycles. The van der Waals surface area contributed by atoms with E-state index in [9.17, 15) is 18.0 Å². The highest BCUT2D eigenvalue weighted by molar-refractivity contribution is 9.10. The molecule has 1 rings (SSSR count). The second-order valence-electron chi connectivity index (χ2n) is 4.15. The molecule has 7 heteroatoms. The van der Waals surface area contributed by atoms with Crippen molar-refractivity contribution in [3.63, 3.8) is 0 Å². The van der Waals surface area contributed by atoms with Crippen LogP contribution in [0.4, 0.5) is 18.9 Å². The number of alkyl halides is 3. The van der Waals surface area contributed by atoms with E-state index in [0.717, 1.165) is 25.0 Å². The number of carbonyl (C=O) groups excluding carboxylic acids is 1. The fourth-order valence-corrected chi connectivity index (χ4v) is 1.90. The van der Waals surface area contributed by atoms with Crippen molar-refractivity contribution < 1.29 is 22.7 Å². The van der Waals surface area contributed by atoms with Gasteiger partial charge in [0.15, 0.2) is 0 Å². The van der Waals surface area contributed by atoms with Gasteiger partial charge in [0.25, 0.3) is 0 Å². The van der Waals surface area contributed by atoms with Gasteiger partial charge in [-0.3, -0.25) is 4.79 Å². The van der Waals surface area contributed by atoms with Crippen molar-refractivity contribution in [1.82, 2.24) is 0 Å². The maximum absolute atomic E-state index is 12.6. The number of rotatable bonds is 6. The minimum atomic E-state index is -4.43. The maximum Gasteiger partial charge on any atom is 0.416 e. The number of anilines is 1. The molecule has 0 saturated heterocycles. The zero-order valence-electron chi connectivity index (χ0n) is 10.9. The van der Waals surface area contributed by atoms with Gasteiger partial charge in [0.1, 0.15) is 6.54 Å². The number of nitrogens with one attached hydrogen (secondary N) is 1. The van der Waals surface area contributed by atoms with Crippen molar-refractivity contribution in [2.75, 3.05) is 18.5 Å². The Kier molecular flexibility index (Phi) is 6.32. The van der Waals surface area contributed by atoms with E-state index in [4.69, 9.17) is 4.74 Å². The van der Waals surface area contributed by atoms with Gasteiger partial charge < -0.3 is 10.1 Å². The van der Waals surface area contributed by atoms with E-state index in [2.05, 4.69) is 21.2 Å². The van der Waals surface area contributed by atoms with Crippen molar-refractivity contribution in [3.8, 4) is 0 Å². The highest BCUT2D eigenvalue weighted by Crippen LogP contribution is 2.33. The summed E-state index contributed by atoms with van der Waals surface area (Å²) in [6.07, 6.45) is -2.76. The Balaban J connectivity index is 2.60. The Labute approximate surface area is 123 Å². The zero-order chi connectivity index (χ0) is 15.2. The van der Waals surface area contributed by atoms with Gasteiger partial charge in [-0.2, -0.15) is 13.2 Å². The molecule has 0 aliphatic heterocycles. The van der Waals surface area contributed by atoms with E-state index in [1.807, 2.05) is 6.92 Å². The van der Waals surface area contributed by atoms with Gasteiger partial charge in [-0.25, -0.2) is 0 Å². The molecule has 1 N–H and O–H groups in total. The molecular weight excluding hydrogens is 339 g/mol. The molecule has 3 nitrogen and oxygen atoms in total. The van der Waals surface area contributed by atoms with E-state index < -0.39 is 17.7 Å². The third kappa shape index (κ3) is 5.81. The Hall–Kier alpha value is -1.24. The molecule has 0 amide bonds. The van der Waals surface area contributed by atoms with Gasteiger partial charge in [0.05, 0.1) is 12.2 Å². The second-order valence-corrected chi connectivity index (χ2v) is 5.07. The first-order valence-electron chi connectivity index (χ1n) is 6.10. The molecule has 1 aromatic carbocycles. The van der Waals surface area contributed by atoms with Gasteiger partial charge in [-0.15, -0.1) is 0 Å². The van der Waals surface area contributed by atoms with Crippen LogP contribution in [0.2, 0.25) is 0 Å². The summed E-state index contributed by atoms with van der Waals surface area (Å²) < 4.78 is 43.0.